The Bertz CT molecular complexity index is 669. The molecule has 5 nitrogen and oxygen atoms in total. The maximum Gasteiger partial charge on any atom is 0.313 e. The van der Waals surface area contributed by atoms with Crippen LogP contribution in [0.25, 0.3) is 0 Å². The Hall–Kier alpha value is -2.18. The highest BCUT2D eigenvalue weighted by molar-refractivity contribution is 7.08. The van der Waals surface area contributed by atoms with Crippen LogP contribution in [0.2, 0.25) is 0 Å². The van der Waals surface area contributed by atoms with Gasteiger partial charge in [-0.3, -0.25) is 9.59 Å². The maximum atomic E-state index is 11.9. The van der Waals surface area contributed by atoms with Crippen LogP contribution < -0.4 is 10.6 Å². The number of hydrogen-bond acceptors (Lipinski definition) is 4. The number of rotatable bonds is 2. The van der Waals surface area contributed by atoms with E-state index in [1.54, 1.807) is 11.4 Å². The van der Waals surface area contributed by atoms with Gasteiger partial charge in [-0.05, 0) is 22.6 Å². The molecule has 1 aliphatic carbocycles. The number of thiophene rings is 1. The molecule has 6 heteroatoms. The molecule has 0 saturated heterocycles. The van der Waals surface area contributed by atoms with E-state index in [9.17, 15) is 14.7 Å². The van der Waals surface area contributed by atoms with E-state index in [2.05, 4.69) is 10.6 Å². The Morgan fingerprint density at radius 2 is 2.00 bits per heavy atom. The summed E-state index contributed by atoms with van der Waals surface area (Å²) in [4.78, 5) is 23.8. The SMILES string of the molecule is O=C(Nc1ccsc1)C(=O)N[C@H]1c2ccccc2C[C@H]1O. The summed E-state index contributed by atoms with van der Waals surface area (Å²) >= 11 is 1.43. The van der Waals surface area contributed by atoms with Crippen molar-refractivity contribution in [3.8, 4) is 0 Å². The fourth-order valence-electron chi connectivity index (χ4n) is 2.48. The van der Waals surface area contributed by atoms with Crippen LogP contribution in [0, 0.1) is 0 Å². The second kappa shape index (κ2) is 5.67. The molecule has 108 valence electrons. The predicted molar refractivity (Wildman–Crippen MR) is 80.0 cm³/mol. The molecule has 0 aliphatic heterocycles. The van der Waals surface area contributed by atoms with Crippen molar-refractivity contribution in [3.63, 3.8) is 0 Å². The van der Waals surface area contributed by atoms with Gasteiger partial charge in [0.25, 0.3) is 0 Å². The van der Waals surface area contributed by atoms with Gasteiger partial charge in [-0.15, -0.1) is 0 Å². The minimum atomic E-state index is -0.748. The topological polar surface area (TPSA) is 78.4 Å². The second-order valence-electron chi connectivity index (χ2n) is 4.89. The molecule has 3 N–H and O–H groups in total. The first-order valence-corrected chi connectivity index (χ1v) is 7.49. The minimum absolute atomic E-state index is 0.479. The molecule has 0 unspecified atom stereocenters. The number of carbonyl (C=O) groups is 2. The molecule has 2 atom stereocenters. The lowest BCUT2D eigenvalue weighted by atomic mass is 10.1. The van der Waals surface area contributed by atoms with Crippen LogP contribution in [-0.4, -0.2) is 23.0 Å². The van der Waals surface area contributed by atoms with Gasteiger partial charge in [-0.2, -0.15) is 11.3 Å². The molecule has 3 rings (SSSR count). The summed E-state index contributed by atoms with van der Waals surface area (Å²) in [5, 5.41) is 18.7. The lowest BCUT2D eigenvalue weighted by Crippen LogP contribution is -2.40. The highest BCUT2D eigenvalue weighted by Gasteiger charge is 2.33. The van der Waals surface area contributed by atoms with Crippen molar-refractivity contribution in [1.82, 2.24) is 5.32 Å². The van der Waals surface area contributed by atoms with Crippen molar-refractivity contribution in [1.29, 1.82) is 0 Å². The second-order valence-corrected chi connectivity index (χ2v) is 5.67. The van der Waals surface area contributed by atoms with Crippen molar-refractivity contribution < 1.29 is 14.7 Å². The van der Waals surface area contributed by atoms with Crippen molar-refractivity contribution in [2.24, 2.45) is 0 Å². The lowest BCUT2D eigenvalue weighted by Gasteiger charge is -2.17. The zero-order chi connectivity index (χ0) is 14.8. The zero-order valence-electron chi connectivity index (χ0n) is 11.1. The number of amides is 2. The fraction of sp³-hybridized carbons (Fsp3) is 0.200. The van der Waals surface area contributed by atoms with Gasteiger partial charge in [0, 0.05) is 11.8 Å². The molecule has 0 fully saturated rings. The van der Waals surface area contributed by atoms with Crippen LogP contribution in [0.15, 0.2) is 41.1 Å². The first-order valence-electron chi connectivity index (χ1n) is 6.55. The van der Waals surface area contributed by atoms with Crippen molar-refractivity contribution in [2.45, 2.75) is 18.6 Å². The van der Waals surface area contributed by atoms with Gasteiger partial charge in [0.2, 0.25) is 0 Å². The zero-order valence-corrected chi connectivity index (χ0v) is 11.9. The van der Waals surface area contributed by atoms with Crippen LogP contribution >= 0.6 is 11.3 Å². The third-order valence-corrected chi connectivity index (χ3v) is 4.16. The number of hydrogen-bond donors (Lipinski definition) is 3. The molecule has 2 aromatic rings. The van der Waals surface area contributed by atoms with E-state index < -0.39 is 24.0 Å². The van der Waals surface area contributed by atoms with E-state index in [0.29, 0.717) is 12.1 Å². The number of benzene rings is 1. The Morgan fingerprint density at radius 1 is 1.19 bits per heavy atom. The maximum absolute atomic E-state index is 11.9. The number of aliphatic hydroxyl groups excluding tert-OH is 1. The molecule has 0 spiro atoms. The lowest BCUT2D eigenvalue weighted by molar-refractivity contribution is -0.137. The average Bonchev–Trinajstić information content (AvgIpc) is 3.07. The highest BCUT2D eigenvalue weighted by atomic mass is 32.1. The van der Waals surface area contributed by atoms with E-state index in [0.717, 1.165) is 11.1 Å². The molecule has 0 bridgehead atoms. The van der Waals surface area contributed by atoms with Gasteiger partial charge in [-0.1, -0.05) is 24.3 Å². The first-order chi connectivity index (χ1) is 10.1. The summed E-state index contributed by atoms with van der Waals surface area (Å²) in [6.45, 7) is 0. The molecule has 21 heavy (non-hydrogen) atoms. The monoisotopic (exact) mass is 302 g/mol. The van der Waals surface area contributed by atoms with Crippen LogP contribution in [0.3, 0.4) is 0 Å². The van der Waals surface area contributed by atoms with Crippen LogP contribution in [0.1, 0.15) is 17.2 Å². The van der Waals surface area contributed by atoms with Crippen LogP contribution in [-0.2, 0) is 16.0 Å². The normalized spacial score (nSPS) is 19.9. The molecule has 0 radical (unpaired) electrons. The predicted octanol–water partition coefficient (Wildman–Crippen LogP) is 1.46. The van der Waals surface area contributed by atoms with Gasteiger partial charge in [-0.25, -0.2) is 0 Å². The molecule has 2 amide bonds. The minimum Gasteiger partial charge on any atom is -0.390 e. The van der Waals surface area contributed by atoms with Gasteiger partial charge < -0.3 is 15.7 Å². The summed E-state index contributed by atoms with van der Waals surface area (Å²) < 4.78 is 0. The van der Waals surface area contributed by atoms with Gasteiger partial charge >= 0.3 is 11.8 Å². The third-order valence-electron chi connectivity index (χ3n) is 3.48. The molecular weight excluding hydrogens is 288 g/mol. The van der Waals surface area contributed by atoms with Gasteiger partial charge in [0.1, 0.15) is 0 Å². The number of nitrogens with one attached hydrogen (secondary N) is 2. The molecular formula is C15H14N2O3S. The van der Waals surface area contributed by atoms with E-state index in [4.69, 9.17) is 0 Å². The van der Waals surface area contributed by atoms with Gasteiger partial charge in [0.05, 0.1) is 17.8 Å². The Kier molecular flexibility index (Phi) is 3.72. The summed E-state index contributed by atoms with van der Waals surface area (Å²) in [5.74, 6) is -1.48. The average molecular weight is 302 g/mol. The van der Waals surface area contributed by atoms with Crippen LogP contribution in [0.5, 0.6) is 0 Å². The highest BCUT2D eigenvalue weighted by Crippen LogP contribution is 2.31. The third kappa shape index (κ3) is 2.81. The van der Waals surface area contributed by atoms with Crippen LogP contribution in [0.4, 0.5) is 5.69 Å². The quantitative estimate of drug-likeness (QED) is 0.735. The molecule has 1 aromatic carbocycles. The number of fused-ring (bicyclic) bond motifs is 1. The smallest absolute Gasteiger partial charge is 0.313 e. The standard InChI is InChI=1S/C15H14N2O3S/c18-12-7-9-3-1-2-4-11(9)13(12)17-15(20)14(19)16-10-5-6-21-8-10/h1-6,8,12-13,18H,7H2,(H,16,19)(H,17,20)/t12-,13+/m1/s1. The Balaban J connectivity index is 1.69. The van der Waals surface area contributed by atoms with Crippen molar-refractivity contribution in [2.75, 3.05) is 5.32 Å². The van der Waals surface area contributed by atoms with Gasteiger partial charge in [0.15, 0.2) is 0 Å². The first kappa shape index (κ1) is 13.8. The van der Waals surface area contributed by atoms with Crippen molar-refractivity contribution in [3.05, 3.63) is 52.2 Å². The number of aliphatic hydroxyl groups is 1. The number of anilines is 1. The van der Waals surface area contributed by atoms with E-state index in [1.165, 1.54) is 11.3 Å². The molecule has 1 heterocycles. The largest absolute Gasteiger partial charge is 0.390 e. The molecule has 1 aromatic heterocycles. The summed E-state index contributed by atoms with van der Waals surface area (Å²) in [7, 11) is 0. The van der Waals surface area contributed by atoms with Crippen molar-refractivity contribution >= 4 is 28.8 Å². The Labute approximate surface area is 125 Å². The Morgan fingerprint density at radius 3 is 2.76 bits per heavy atom. The summed E-state index contributed by atoms with van der Waals surface area (Å²) in [6.07, 6.45) is -0.229. The van der Waals surface area contributed by atoms with E-state index >= 15 is 0 Å². The fourth-order valence-corrected chi connectivity index (χ4v) is 3.07. The number of carbonyl (C=O) groups excluding carboxylic acids is 2. The summed E-state index contributed by atoms with van der Waals surface area (Å²) in [6, 6.07) is 8.68. The van der Waals surface area contributed by atoms with E-state index in [-0.39, 0.29) is 0 Å². The van der Waals surface area contributed by atoms with E-state index in [1.807, 2.05) is 29.6 Å². The molecule has 1 aliphatic rings. The molecule has 0 saturated carbocycles. The summed E-state index contributed by atoms with van der Waals surface area (Å²) in [5.41, 5.74) is 2.45.